The smallest absolute Gasteiger partial charge is 0.272 e. The van der Waals surface area contributed by atoms with Crippen molar-refractivity contribution in [1.82, 2.24) is 10.3 Å². The van der Waals surface area contributed by atoms with Crippen LogP contribution in [0.4, 0.5) is 0 Å². The summed E-state index contributed by atoms with van der Waals surface area (Å²) < 4.78 is 5.85. The van der Waals surface area contributed by atoms with Gasteiger partial charge in [-0.1, -0.05) is 24.4 Å². The summed E-state index contributed by atoms with van der Waals surface area (Å²) in [6.45, 7) is 5.58. The van der Waals surface area contributed by atoms with Crippen LogP contribution in [-0.2, 0) is 11.2 Å². The first-order valence-electron chi connectivity index (χ1n) is 7.87. The van der Waals surface area contributed by atoms with E-state index in [0.29, 0.717) is 16.3 Å². The number of rotatable bonds is 6. The summed E-state index contributed by atoms with van der Waals surface area (Å²) in [7, 11) is 0. The second-order valence-electron chi connectivity index (χ2n) is 6.12. The number of fused-ring (bicyclic) bond motifs is 1. The molecule has 0 saturated heterocycles. The third-order valence-corrected chi connectivity index (χ3v) is 4.67. The molecule has 0 aliphatic carbocycles. The Morgan fingerprint density at radius 2 is 2.20 bits per heavy atom. The number of aryl methyl sites for hydroxylation is 1. The molecule has 0 spiro atoms. The number of thioether (sulfide) groups is 1. The number of terminal acetylenes is 1. The van der Waals surface area contributed by atoms with E-state index in [1.165, 1.54) is 11.8 Å². The van der Waals surface area contributed by atoms with Crippen LogP contribution in [0.2, 0.25) is 5.02 Å². The lowest BCUT2D eigenvalue weighted by atomic mass is 10.1. The number of halogens is 1. The van der Waals surface area contributed by atoms with Crippen LogP contribution in [0.3, 0.4) is 0 Å². The third kappa shape index (κ3) is 4.81. The van der Waals surface area contributed by atoms with E-state index in [-0.39, 0.29) is 5.91 Å². The van der Waals surface area contributed by atoms with Crippen molar-refractivity contribution in [2.24, 2.45) is 0 Å². The highest BCUT2D eigenvalue weighted by Gasteiger charge is 2.25. The molecule has 0 aliphatic heterocycles. The summed E-state index contributed by atoms with van der Waals surface area (Å²) in [6, 6.07) is 5.54. The predicted molar refractivity (Wildman–Crippen MR) is 105 cm³/mol. The number of ether oxygens (including phenoxy) is 1. The van der Waals surface area contributed by atoms with E-state index in [1.807, 2.05) is 18.3 Å². The second-order valence-corrected chi connectivity index (χ2v) is 7.42. The normalized spacial score (nSPS) is 12.5. The van der Waals surface area contributed by atoms with E-state index in [2.05, 4.69) is 23.1 Å². The lowest BCUT2D eigenvalue weighted by molar-refractivity contribution is -0.125. The molecule has 2 rings (SSSR count). The Morgan fingerprint density at radius 3 is 2.80 bits per heavy atom. The number of amides is 1. The standard InChI is InChI=1S/C19H21ClN2O2S/c1-6-12-8-13-9-14(10-15(20)16(13)21-11-12)24-18(25-5)17(23)22-19(3,4)7-2/h2,8-11,18H,6H2,1,3-5H3,(H,22,23). The van der Waals surface area contributed by atoms with Crippen LogP contribution >= 0.6 is 23.4 Å². The Morgan fingerprint density at radius 1 is 1.48 bits per heavy atom. The number of benzene rings is 1. The number of aromatic nitrogens is 1. The lowest BCUT2D eigenvalue weighted by Crippen LogP contribution is -2.47. The Hall–Kier alpha value is -1.90. The highest BCUT2D eigenvalue weighted by Crippen LogP contribution is 2.30. The maximum absolute atomic E-state index is 12.4. The van der Waals surface area contributed by atoms with Gasteiger partial charge in [0.2, 0.25) is 5.44 Å². The van der Waals surface area contributed by atoms with E-state index in [9.17, 15) is 4.79 Å². The van der Waals surface area contributed by atoms with Gasteiger partial charge in [-0.25, -0.2) is 0 Å². The van der Waals surface area contributed by atoms with Gasteiger partial charge in [0, 0.05) is 17.6 Å². The molecular formula is C19H21ClN2O2S. The molecule has 0 aliphatic rings. The topological polar surface area (TPSA) is 51.2 Å². The van der Waals surface area contributed by atoms with Crippen molar-refractivity contribution in [2.45, 2.75) is 38.2 Å². The molecule has 1 atom stereocenters. The molecule has 25 heavy (non-hydrogen) atoms. The van der Waals surface area contributed by atoms with Crippen molar-refractivity contribution >= 4 is 40.2 Å². The first kappa shape index (κ1) is 19.4. The molecule has 1 amide bonds. The lowest BCUT2D eigenvalue weighted by Gasteiger charge is -2.24. The molecule has 1 aromatic carbocycles. The summed E-state index contributed by atoms with van der Waals surface area (Å²) in [5, 5.41) is 4.15. The van der Waals surface area contributed by atoms with Gasteiger partial charge in [0.15, 0.2) is 0 Å². The van der Waals surface area contributed by atoms with Crippen LogP contribution in [0.1, 0.15) is 26.3 Å². The molecule has 132 valence electrons. The fourth-order valence-corrected chi connectivity index (χ4v) is 2.97. The molecule has 2 aromatic rings. The van der Waals surface area contributed by atoms with Gasteiger partial charge in [-0.15, -0.1) is 18.2 Å². The number of hydrogen-bond acceptors (Lipinski definition) is 4. The van der Waals surface area contributed by atoms with E-state index >= 15 is 0 Å². The summed E-state index contributed by atoms with van der Waals surface area (Å²) in [4.78, 5) is 16.8. The Labute approximate surface area is 157 Å². The van der Waals surface area contributed by atoms with E-state index < -0.39 is 11.0 Å². The fraction of sp³-hybridized carbons (Fsp3) is 0.368. The van der Waals surface area contributed by atoms with Crippen molar-refractivity contribution < 1.29 is 9.53 Å². The van der Waals surface area contributed by atoms with Gasteiger partial charge >= 0.3 is 0 Å². The van der Waals surface area contributed by atoms with Gasteiger partial charge in [-0.2, -0.15) is 0 Å². The van der Waals surface area contributed by atoms with Crippen molar-refractivity contribution in [3.8, 4) is 18.1 Å². The summed E-state index contributed by atoms with van der Waals surface area (Å²) >= 11 is 7.60. The molecule has 6 heteroatoms. The Kier molecular flexibility index (Phi) is 6.21. The maximum atomic E-state index is 12.4. The van der Waals surface area contributed by atoms with Gasteiger partial charge in [-0.05, 0) is 44.2 Å². The minimum absolute atomic E-state index is 0.285. The zero-order valence-corrected chi connectivity index (χ0v) is 16.3. The van der Waals surface area contributed by atoms with Crippen LogP contribution in [0.25, 0.3) is 10.9 Å². The molecule has 0 saturated carbocycles. The SMILES string of the molecule is C#CC(C)(C)NC(=O)C(Oc1cc(Cl)c2ncc(CC)cc2c1)SC. The van der Waals surface area contributed by atoms with Gasteiger partial charge in [0.05, 0.1) is 16.1 Å². The molecule has 0 bridgehead atoms. The first-order valence-corrected chi connectivity index (χ1v) is 9.53. The van der Waals surface area contributed by atoms with Gasteiger partial charge < -0.3 is 10.1 Å². The van der Waals surface area contributed by atoms with Crippen LogP contribution in [0, 0.1) is 12.3 Å². The van der Waals surface area contributed by atoms with Gasteiger partial charge in [0.25, 0.3) is 5.91 Å². The van der Waals surface area contributed by atoms with Gasteiger partial charge in [0.1, 0.15) is 5.75 Å². The quantitative estimate of drug-likeness (QED) is 0.610. The second kappa shape index (κ2) is 7.99. The minimum atomic E-state index is -0.741. The number of carbonyl (C=O) groups is 1. The highest BCUT2D eigenvalue weighted by molar-refractivity contribution is 7.99. The molecule has 0 fully saturated rings. The molecule has 1 heterocycles. The predicted octanol–water partition coefficient (Wildman–Crippen LogP) is 4.05. The van der Waals surface area contributed by atoms with E-state index in [4.69, 9.17) is 22.8 Å². The fourth-order valence-electron chi connectivity index (χ4n) is 2.22. The molecule has 4 nitrogen and oxygen atoms in total. The minimum Gasteiger partial charge on any atom is -0.470 e. The molecule has 1 N–H and O–H groups in total. The number of carbonyl (C=O) groups excluding carboxylic acids is 1. The molecular weight excluding hydrogens is 356 g/mol. The molecule has 0 radical (unpaired) electrons. The monoisotopic (exact) mass is 376 g/mol. The third-order valence-electron chi connectivity index (χ3n) is 3.64. The zero-order valence-electron chi connectivity index (χ0n) is 14.7. The zero-order chi connectivity index (χ0) is 18.6. The van der Waals surface area contributed by atoms with Crippen molar-refractivity contribution in [3.63, 3.8) is 0 Å². The number of hydrogen-bond donors (Lipinski definition) is 1. The average Bonchev–Trinajstić information content (AvgIpc) is 2.58. The van der Waals surface area contributed by atoms with Crippen molar-refractivity contribution in [3.05, 3.63) is 35.0 Å². The highest BCUT2D eigenvalue weighted by atomic mass is 35.5. The molecule has 1 aromatic heterocycles. The average molecular weight is 377 g/mol. The van der Waals surface area contributed by atoms with E-state index in [1.54, 1.807) is 26.2 Å². The van der Waals surface area contributed by atoms with Crippen LogP contribution in [-0.4, -0.2) is 28.1 Å². The maximum Gasteiger partial charge on any atom is 0.272 e. The van der Waals surface area contributed by atoms with Crippen molar-refractivity contribution in [1.29, 1.82) is 0 Å². The van der Waals surface area contributed by atoms with E-state index in [0.717, 1.165) is 17.4 Å². The first-order chi connectivity index (χ1) is 11.8. The summed E-state index contributed by atoms with van der Waals surface area (Å²) in [5.41, 5.74) is 0.346. The number of pyridine rings is 1. The van der Waals surface area contributed by atoms with Crippen LogP contribution < -0.4 is 10.1 Å². The number of nitrogens with zero attached hydrogens (tertiary/aromatic N) is 1. The van der Waals surface area contributed by atoms with Crippen LogP contribution in [0.5, 0.6) is 5.75 Å². The summed E-state index contributed by atoms with van der Waals surface area (Å²) in [5.74, 6) is 2.76. The summed E-state index contributed by atoms with van der Waals surface area (Å²) in [6.07, 6.45) is 9.91. The van der Waals surface area contributed by atoms with Gasteiger partial charge in [-0.3, -0.25) is 9.78 Å². The Bertz CT molecular complexity index is 830. The van der Waals surface area contributed by atoms with Crippen molar-refractivity contribution in [2.75, 3.05) is 6.26 Å². The van der Waals surface area contributed by atoms with Crippen LogP contribution in [0.15, 0.2) is 24.4 Å². The number of nitrogens with one attached hydrogen (secondary N) is 1. The Balaban J connectivity index is 2.28. The molecule has 1 unspecified atom stereocenters. The largest absolute Gasteiger partial charge is 0.470 e.